The highest BCUT2D eigenvalue weighted by Crippen LogP contribution is 2.24. The van der Waals surface area contributed by atoms with Gasteiger partial charge >= 0.3 is 0 Å². The van der Waals surface area contributed by atoms with Crippen molar-refractivity contribution in [2.75, 3.05) is 29.9 Å². The minimum atomic E-state index is 0.519. The van der Waals surface area contributed by atoms with Crippen molar-refractivity contribution in [3.05, 3.63) is 41.1 Å². The van der Waals surface area contributed by atoms with Crippen LogP contribution in [0.5, 0.6) is 0 Å². The average molecular weight is 379 g/mol. The molecule has 0 bridgehead atoms. The molecular formula is C22H30N6. The van der Waals surface area contributed by atoms with Crippen LogP contribution in [-0.4, -0.2) is 35.6 Å². The van der Waals surface area contributed by atoms with Crippen LogP contribution in [0.25, 0.3) is 0 Å². The number of likely N-dealkylation sites (N-methyl/N-ethyl adjacent to an activating group) is 1. The van der Waals surface area contributed by atoms with Crippen molar-refractivity contribution >= 4 is 17.5 Å². The van der Waals surface area contributed by atoms with E-state index in [1.165, 1.54) is 0 Å². The van der Waals surface area contributed by atoms with Crippen molar-refractivity contribution in [3.63, 3.8) is 0 Å². The van der Waals surface area contributed by atoms with Crippen LogP contribution < -0.4 is 15.5 Å². The van der Waals surface area contributed by atoms with Gasteiger partial charge in [0.05, 0.1) is 11.6 Å². The van der Waals surface area contributed by atoms with E-state index in [9.17, 15) is 5.26 Å². The molecule has 148 valence electrons. The lowest BCUT2D eigenvalue weighted by Gasteiger charge is -2.19. The van der Waals surface area contributed by atoms with Crippen molar-refractivity contribution in [1.82, 2.24) is 15.3 Å². The molecule has 1 saturated heterocycles. The number of anilines is 3. The Bertz CT molecular complexity index is 841. The first-order valence-corrected chi connectivity index (χ1v) is 10.3. The maximum Gasteiger partial charge on any atom is 0.229 e. The molecule has 1 unspecified atom stereocenters. The maximum atomic E-state index is 9.28. The molecule has 2 N–H and O–H groups in total. The molecular weight excluding hydrogens is 348 g/mol. The highest BCUT2D eigenvalue weighted by molar-refractivity contribution is 5.59. The molecule has 3 rings (SSSR count). The zero-order chi connectivity index (χ0) is 19.9. The van der Waals surface area contributed by atoms with Gasteiger partial charge in [-0.15, -0.1) is 0 Å². The SMILES string of the molecule is CCCCc1cc(N2CCC(NCC)C2)nc(Nc2ccc(C)c(C#N)c2)n1. The van der Waals surface area contributed by atoms with Gasteiger partial charge in [0.25, 0.3) is 0 Å². The first-order chi connectivity index (χ1) is 13.6. The Balaban J connectivity index is 1.84. The van der Waals surface area contributed by atoms with Crippen LogP contribution in [0.1, 0.15) is 49.9 Å². The van der Waals surface area contributed by atoms with Gasteiger partial charge in [0.1, 0.15) is 5.82 Å². The van der Waals surface area contributed by atoms with Gasteiger partial charge in [-0.2, -0.15) is 10.2 Å². The highest BCUT2D eigenvalue weighted by atomic mass is 15.3. The van der Waals surface area contributed by atoms with Crippen LogP contribution in [0.4, 0.5) is 17.5 Å². The van der Waals surface area contributed by atoms with E-state index in [1.54, 1.807) is 0 Å². The van der Waals surface area contributed by atoms with E-state index < -0.39 is 0 Å². The van der Waals surface area contributed by atoms with Gasteiger partial charge < -0.3 is 15.5 Å². The maximum absolute atomic E-state index is 9.28. The van der Waals surface area contributed by atoms with E-state index in [1.807, 2.05) is 25.1 Å². The Morgan fingerprint density at radius 3 is 2.86 bits per heavy atom. The molecule has 2 aromatic rings. The Morgan fingerprint density at radius 2 is 2.11 bits per heavy atom. The summed E-state index contributed by atoms with van der Waals surface area (Å²) in [5.41, 5.74) is 3.54. The molecule has 1 aliphatic heterocycles. The molecule has 28 heavy (non-hydrogen) atoms. The van der Waals surface area contributed by atoms with Gasteiger partial charge in [-0.3, -0.25) is 0 Å². The van der Waals surface area contributed by atoms with Gasteiger partial charge in [0.2, 0.25) is 5.95 Å². The predicted octanol–water partition coefficient (Wildman–Crippen LogP) is 3.93. The van der Waals surface area contributed by atoms with E-state index in [0.29, 0.717) is 17.6 Å². The monoisotopic (exact) mass is 378 g/mol. The van der Waals surface area contributed by atoms with Crippen LogP contribution >= 0.6 is 0 Å². The molecule has 1 aromatic heterocycles. The number of rotatable bonds is 8. The van der Waals surface area contributed by atoms with Gasteiger partial charge in [-0.1, -0.05) is 26.3 Å². The summed E-state index contributed by atoms with van der Waals surface area (Å²) in [6, 6.07) is 10.7. The molecule has 0 radical (unpaired) electrons. The second-order valence-corrected chi connectivity index (χ2v) is 7.40. The summed E-state index contributed by atoms with van der Waals surface area (Å²) in [4.78, 5) is 11.8. The van der Waals surface area contributed by atoms with Crippen LogP contribution in [-0.2, 0) is 6.42 Å². The predicted molar refractivity (Wildman–Crippen MR) is 114 cm³/mol. The average Bonchev–Trinajstić information content (AvgIpc) is 3.17. The van der Waals surface area contributed by atoms with E-state index in [0.717, 1.165) is 68.1 Å². The van der Waals surface area contributed by atoms with Gasteiger partial charge in [-0.05, 0) is 50.4 Å². The van der Waals surface area contributed by atoms with Crippen molar-refractivity contribution in [2.24, 2.45) is 0 Å². The van der Waals surface area contributed by atoms with Crippen molar-refractivity contribution in [1.29, 1.82) is 5.26 Å². The minimum absolute atomic E-state index is 0.519. The highest BCUT2D eigenvalue weighted by Gasteiger charge is 2.23. The third-order valence-corrected chi connectivity index (χ3v) is 5.17. The number of aromatic nitrogens is 2. The number of unbranched alkanes of at least 4 members (excludes halogenated alkanes) is 1. The van der Waals surface area contributed by atoms with E-state index in [2.05, 4.69) is 41.5 Å². The number of nitrogens with one attached hydrogen (secondary N) is 2. The third kappa shape index (κ3) is 4.99. The van der Waals surface area contributed by atoms with Gasteiger partial charge in [0.15, 0.2) is 0 Å². The summed E-state index contributed by atoms with van der Waals surface area (Å²) < 4.78 is 0. The minimum Gasteiger partial charge on any atom is -0.355 e. The van der Waals surface area contributed by atoms with Crippen molar-refractivity contribution < 1.29 is 0 Å². The standard InChI is InChI=1S/C22H30N6/c1-4-6-7-18-13-21(28-11-10-20(15-28)24-5-2)27-22(25-18)26-19-9-8-16(3)17(12-19)14-23/h8-9,12-13,20,24H,4-7,10-11,15H2,1-3H3,(H,25,26,27). The fourth-order valence-corrected chi connectivity index (χ4v) is 3.56. The molecule has 0 spiro atoms. The fraction of sp³-hybridized carbons (Fsp3) is 0.500. The lowest BCUT2D eigenvalue weighted by Crippen LogP contribution is -2.32. The summed E-state index contributed by atoms with van der Waals surface area (Å²) in [6.45, 7) is 9.25. The summed E-state index contributed by atoms with van der Waals surface area (Å²) in [6.07, 6.45) is 4.33. The largest absolute Gasteiger partial charge is 0.355 e. The number of hydrogen-bond acceptors (Lipinski definition) is 6. The molecule has 6 nitrogen and oxygen atoms in total. The topological polar surface area (TPSA) is 76.9 Å². The summed E-state index contributed by atoms with van der Waals surface area (Å²) in [5, 5.41) is 16.1. The molecule has 0 amide bonds. The quantitative estimate of drug-likeness (QED) is 0.725. The first kappa shape index (κ1) is 20.1. The molecule has 0 aliphatic carbocycles. The van der Waals surface area contributed by atoms with E-state index in [-0.39, 0.29) is 0 Å². The Kier molecular flexibility index (Phi) is 6.83. The number of aryl methyl sites for hydroxylation is 2. The summed E-state index contributed by atoms with van der Waals surface area (Å²) >= 11 is 0. The number of hydrogen-bond donors (Lipinski definition) is 2. The summed E-state index contributed by atoms with van der Waals surface area (Å²) in [7, 11) is 0. The lowest BCUT2D eigenvalue weighted by molar-refractivity contribution is 0.571. The number of benzene rings is 1. The van der Waals surface area contributed by atoms with Crippen LogP contribution in [0.15, 0.2) is 24.3 Å². The van der Waals surface area contributed by atoms with E-state index >= 15 is 0 Å². The zero-order valence-electron chi connectivity index (χ0n) is 17.1. The number of nitriles is 1. The van der Waals surface area contributed by atoms with Gasteiger partial charge in [-0.25, -0.2) is 4.98 Å². The molecule has 1 aliphatic rings. The number of nitrogens with zero attached hydrogens (tertiary/aromatic N) is 4. The molecule has 0 saturated carbocycles. The zero-order valence-corrected chi connectivity index (χ0v) is 17.1. The third-order valence-electron chi connectivity index (χ3n) is 5.17. The van der Waals surface area contributed by atoms with E-state index in [4.69, 9.17) is 9.97 Å². The lowest BCUT2D eigenvalue weighted by atomic mass is 10.1. The fourth-order valence-electron chi connectivity index (χ4n) is 3.56. The molecule has 1 aromatic carbocycles. The Labute approximate surface area is 168 Å². The van der Waals surface area contributed by atoms with Gasteiger partial charge in [0, 0.05) is 36.6 Å². The first-order valence-electron chi connectivity index (χ1n) is 10.3. The normalized spacial score (nSPS) is 16.2. The second kappa shape index (κ2) is 9.52. The molecule has 1 atom stereocenters. The Morgan fingerprint density at radius 1 is 1.25 bits per heavy atom. The molecule has 2 heterocycles. The van der Waals surface area contributed by atoms with Crippen molar-refractivity contribution in [3.8, 4) is 6.07 Å². The Hall–Kier alpha value is -2.65. The van der Waals surface area contributed by atoms with Crippen LogP contribution in [0.2, 0.25) is 0 Å². The smallest absolute Gasteiger partial charge is 0.229 e. The van der Waals surface area contributed by atoms with Crippen molar-refractivity contribution in [2.45, 2.75) is 52.5 Å². The molecule has 1 fully saturated rings. The molecule has 6 heteroatoms. The van der Waals surface area contributed by atoms with Crippen LogP contribution in [0.3, 0.4) is 0 Å². The second-order valence-electron chi connectivity index (χ2n) is 7.40. The summed E-state index contributed by atoms with van der Waals surface area (Å²) in [5.74, 6) is 1.58. The van der Waals surface area contributed by atoms with Crippen LogP contribution in [0, 0.1) is 18.3 Å².